The molecule has 1 aliphatic carbocycles. The van der Waals surface area contributed by atoms with E-state index in [2.05, 4.69) is 17.6 Å². The van der Waals surface area contributed by atoms with E-state index in [1.165, 1.54) is 32.1 Å². The molecule has 0 unspecified atom stereocenters. The minimum absolute atomic E-state index is 0.0801. The predicted octanol–water partition coefficient (Wildman–Crippen LogP) is 2.76. The lowest BCUT2D eigenvalue weighted by molar-refractivity contribution is -0.128. The molecule has 0 saturated heterocycles. The highest BCUT2D eigenvalue weighted by atomic mass is 16.2. The quantitative estimate of drug-likeness (QED) is 0.677. The first-order chi connectivity index (χ1) is 10.6. The molecule has 0 bridgehead atoms. The topological polar surface area (TPSA) is 61.4 Å². The summed E-state index contributed by atoms with van der Waals surface area (Å²) in [5.41, 5.74) is 0. The van der Waals surface area contributed by atoms with Crippen molar-refractivity contribution in [3.8, 4) is 0 Å². The molecule has 0 aromatic heterocycles. The van der Waals surface area contributed by atoms with Crippen LogP contribution in [0.2, 0.25) is 0 Å². The van der Waals surface area contributed by atoms with Gasteiger partial charge in [-0.05, 0) is 38.0 Å². The van der Waals surface area contributed by atoms with Crippen LogP contribution in [0, 0.1) is 11.8 Å². The van der Waals surface area contributed by atoms with E-state index in [1.54, 1.807) is 11.8 Å². The Labute approximate surface area is 135 Å². The molecule has 0 spiro atoms. The molecule has 0 aliphatic heterocycles. The second kappa shape index (κ2) is 10.5. The van der Waals surface area contributed by atoms with Crippen LogP contribution in [0.1, 0.15) is 59.3 Å². The molecule has 0 heterocycles. The highest BCUT2D eigenvalue weighted by Gasteiger charge is 2.20. The van der Waals surface area contributed by atoms with Gasteiger partial charge in [0.15, 0.2) is 0 Å². The van der Waals surface area contributed by atoms with Crippen molar-refractivity contribution in [2.45, 2.75) is 59.3 Å². The van der Waals surface area contributed by atoms with Gasteiger partial charge >= 0.3 is 6.03 Å². The van der Waals surface area contributed by atoms with Crippen LogP contribution >= 0.6 is 0 Å². The Balaban J connectivity index is 2.05. The molecule has 128 valence electrons. The van der Waals surface area contributed by atoms with Gasteiger partial charge in [-0.3, -0.25) is 4.79 Å². The zero-order chi connectivity index (χ0) is 16.4. The van der Waals surface area contributed by atoms with E-state index in [-0.39, 0.29) is 11.9 Å². The molecule has 0 aromatic rings. The van der Waals surface area contributed by atoms with Crippen LogP contribution in [-0.2, 0) is 4.79 Å². The van der Waals surface area contributed by atoms with Crippen molar-refractivity contribution in [3.63, 3.8) is 0 Å². The summed E-state index contributed by atoms with van der Waals surface area (Å²) in [6.45, 7) is 8.64. The maximum atomic E-state index is 11.8. The summed E-state index contributed by atoms with van der Waals surface area (Å²) in [6.07, 6.45) is 7.18. The van der Waals surface area contributed by atoms with Crippen molar-refractivity contribution in [1.82, 2.24) is 15.5 Å². The summed E-state index contributed by atoms with van der Waals surface area (Å²) in [4.78, 5) is 24.8. The summed E-state index contributed by atoms with van der Waals surface area (Å²) in [7, 11) is 0. The van der Waals surface area contributed by atoms with E-state index < -0.39 is 0 Å². The second-order valence-electron chi connectivity index (χ2n) is 6.38. The van der Waals surface area contributed by atoms with Gasteiger partial charge in [-0.1, -0.05) is 26.2 Å². The largest absolute Gasteiger partial charge is 0.343 e. The standard InChI is InChI=1S/C17H33N3O2/c1-4-15-7-9-16(10-8-15)13-19-17(22)18-11-6-12-20(5-2)14(3)21/h15-16H,4-13H2,1-3H3,(H2,18,19,22). The van der Waals surface area contributed by atoms with Gasteiger partial charge in [-0.2, -0.15) is 0 Å². The molecule has 1 rings (SSSR count). The number of hydrogen-bond acceptors (Lipinski definition) is 2. The fourth-order valence-electron chi connectivity index (χ4n) is 3.15. The molecular weight excluding hydrogens is 278 g/mol. The van der Waals surface area contributed by atoms with Gasteiger partial charge in [-0.15, -0.1) is 0 Å². The molecular formula is C17H33N3O2. The third-order valence-electron chi connectivity index (χ3n) is 4.81. The minimum atomic E-state index is -0.0801. The number of hydrogen-bond donors (Lipinski definition) is 2. The fraction of sp³-hybridized carbons (Fsp3) is 0.882. The van der Waals surface area contributed by atoms with Crippen LogP contribution in [-0.4, -0.2) is 43.0 Å². The predicted molar refractivity (Wildman–Crippen MR) is 89.7 cm³/mol. The van der Waals surface area contributed by atoms with Crippen LogP contribution in [0.15, 0.2) is 0 Å². The van der Waals surface area contributed by atoms with Crippen molar-refractivity contribution in [2.75, 3.05) is 26.2 Å². The molecule has 1 aliphatic rings. The summed E-state index contributed by atoms with van der Waals surface area (Å²) in [5, 5.41) is 5.85. The van der Waals surface area contributed by atoms with Crippen LogP contribution in [0.3, 0.4) is 0 Å². The van der Waals surface area contributed by atoms with Crippen molar-refractivity contribution in [1.29, 1.82) is 0 Å². The Bertz CT molecular complexity index is 339. The second-order valence-corrected chi connectivity index (χ2v) is 6.38. The number of carbonyl (C=O) groups excluding carboxylic acids is 2. The number of rotatable bonds is 8. The molecule has 3 amide bonds. The summed E-state index contributed by atoms with van der Waals surface area (Å²) >= 11 is 0. The van der Waals surface area contributed by atoms with E-state index in [1.807, 2.05) is 6.92 Å². The molecule has 2 N–H and O–H groups in total. The number of nitrogens with one attached hydrogen (secondary N) is 2. The first-order valence-corrected chi connectivity index (χ1v) is 8.84. The maximum absolute atomic E-state index is 11.8. The lowest BCUT2D eigenvalue weighted by Gasteiger charge is -2.27. The molecule has 0 radical (unpaired) electrons. The third-order valence-corrected chi connectivity index (χ3v) is 4.81. The fourth-order valence-corrected chi connectivity index (χ4v) is 3.15. The smallest absolute Gasteiger partial charge is 0.314 e. The average Bonchev–Trinajstić information content (AvgIpc) is 2.53. The van der Waals surface area contributed by atoms with E-state index >= 15 is 0 Å². The van der Waals surface area contributed by atoms with E-state index in [4.69, 9.17) is 0 Å². The monoisotopic (exact) mass is 311 g/mol. The zero-order valence-corrected chi connectivity index (χ0v) is 14.5. The van der Waals surface area contributed by atoms with Gasteiger partial charge in [0.2, 0.25) is 5.91 Å². The van der Waals surface area contributed by atoms with Gasteiger partial charge in [-0.25, -0.2) is 4.79 Å². The summed E-state index contributed by atoms with van der Waals surface area (Å²) in [6, 6.07) is -0.0801. The van der Waals surface area contributed by atoms with Crippen molar-refractivity contribution in [2.24, 2.45) is 11.8 Å². The molecule has 0 aromatic carbocycles. The normalized spacial score (nSPS) is 21.2. The van der Waals surface area contributed by atoms with Gasteiger partial charge < -0.3 is 15.5 Å². The molecule has 1 saturated carbocycles. The lowest BCUT2D eigenvalue weighted by Crippen LogP contribution is -2.40. The molecule has 0 atom stereocenters. The highest BCUT2D eigenvalue weighted by Crippen LogP contribution is 2.29. The van der Waals surface area contributed by atoms with E-state index in [0.29, 0.717) is 19.0 Å². The lowest BCUT2D eigenvalue weighted by atomic mass is 9.81. The molecule has 5 nitrogen and oxygen atoms in total. The maximum Gasteiger partial charge on any atom is 0.314 e. The van der Waals surface area contributed by atoms with Crippen molar-refractivity contribution < 1.29 is 9.59 Å². The number of nitrogens with zero attached hydrogens (tertiary/aromatic N) is 1. The number of amides is 3. The van der Waals surface area contributed by atoms with Crippen molar-refractivity contribution in [3.05, 3.63) is 0 Å². The Morgan fingerprint density at radius 3 is 2.23 bits per heavy atom. The third kappa shape index (κ3) is 7.14. The first-order valence-electron chi connectivity index (χ1n) is 8.84. The van der Waals surface area contributed by atoms with E-state index in [0.717, 1.165) is 25.4 Å². The SMILES string of the molecule is CCC1CCC(CNC(=O)NCCCN(CC)C(C)=O)CC1. The summed E-state index contributed by atoms with van der Waals surface area (Å²) in [5.74, 6) is 1.63. The van der Waals surface area contributed by atoms with Crippen molar-refractivity contribution >= 4 is 11.9 Å². The average molecular weight is 311 g/mol. The first kappa shape index (κ1) is 18.8. The summed E-state index contributed by atoms with van der Waals surface area (Å²) < 4.78 is 0. The van der Waals surface area contributed by atoms with Crippen LogP contribution in [0.25, 0.3) is 0 Å². The van der Waals surface area contributed by atoms with Gasteiger partial charge in [0.1, 0.15) is 0 Å². The zero-order valence-electron chi connectivity index (χ0n) is 14.5. The Kier molecular flexibility index (Phi) is 8.94. The van der Waals surface area contributed by atoms with E-state index in [9.17, 15) is 9.59 Å². The molecule has 22 heavy (non-hydrogen) atoms. The Hall–Kier alpha value is -1.26. The van der Waals surface area contributed by atoms with Gasteiger partial charge in [0.25, 0.3) is 0 Å². The minimum Gasteiger partial charge on any atom is -0.343 e. The Morgan fingerprint density at radius 2 is 1.68 bits per heavy atom. The highest BCUT2D eigenvalue weighted by molar-refractivity contribution is 5.74. The molecule has 5 heteroatoms. The van der Waals surface area contributed by atoms with Crippen LogP contribution in [0.4, 0.5) is 4.79 Å². The van der Waals surface area contributed by atoms with Gasteiger partial charge in [0, 0.05) is 33.1 Å². The van der Waals surface area contributed by atoms with Crippen LogP contribution < -0.4 is 10.6 Å². The van der Waals surface area contributed by atoms with Gasteiger partial charge in [0.05, 0.1) is 0 Å². The Morgan fingerprint density at radius 1 is 1.05 bits per heavy atom. The van der Waals surface area contributed by atoms with Crippen LogP contribution in [0.5, 0.6) is 0 Å². The number of urea groups is 1. The molecule has 1 fully saturated rings. The number of carbonyl (C=O) groups is 2.